The lowest BCUT2D eigenvalue weighted by atomic mass is 10.2. The molecule has 7 heteroatoms. The van der Waals surface area contributed by atoms with Crippen LogP contribution in [0.2, 0.25) is 0 Å². The molecule has 3 rings (SSSR count). The Labute approximate surface area is 179 Å². The summed E-state index contributed by atoms with van der Waals surface area (Å²) >= 11 is 0. The van der Waals surface area contributed by atoms with E-state index in [1.54, 1.807) is 18.0 Å². The molecule has 1 aliphatic heterocycles. The van der Waals surface area contributed by atoms with Gasteiger partial charge in [-0.25, -0.2) is 8.42 Å². The molecule has 1 fully saturated rings. The molecule has 0 bridgehead atoms. The van der Waals surface area contributed by atoms with Crippen molar-refractivity contribution in [1.29, 1.82) is 0 Å². The number of hydrogen-bond donors (Lipinski definition) is 0. The fourth-order valence-corrected chi connectivity index (χ4v) is 4.74. The zero-order valence-electron chi connectivity index (χ0n) is 17.5. The van der Waals surface area contributed by atoms with Gasteiger partial charge in [-0.3, -0.25) is 9.69 Å². The van der Waals surface area contributed by atoms with Crippen molar-refractivity contribution in [2.24, 2.45) is 0 Å². The smallest absolute Gasteiger partial charge is 0.239 e. The van der Waals surface area contributed by atoms with Gasteiger partial charge in [-0.05, 0) is 24.1 Å². The summed E-state index contributed by atoms with van der Waals surface area (Å²) in [4.78, 5) is 16.6. The molecule has 0 spiro atoms. The summed E-state index contributed by atoms with van der Waals surface area (Å²) in [6.45, 7) is 4.27. The van der Waals surface area contributed by atoms with Crippen LogP contribution in [0.15, 0.2) is 66.1 Å². The van der Waals surface area contributed by atoms with Gasteiger partial charge in [0.05, 0.1) is 6.04 Å². The normalized spacial score (nSPS) is 17.1. The second-order valence-electron chi connectivity index (χ2n) is 7.55. The summed E-state index contributed by atoms with van der Waals surface area (Å²) in [5, 5.41) is 1.26. The molecule has 0 aliphatic carbocycles. The van der Waals surface area contributed by atoms with Gasteiger partial charge < -0.3 is 4.90 Å². The fraction of sp³-hybridized carbons (Fsp3) is 0.348. The summed E-state index contributed by atoms with van der Waals surface area (Å²) < 4.78 is 26.7. The number of likely N-dealkylation sites (N-methyl/N-ethyl adjacent to an activating group) is 1. The number of carbonyl (C=O) groups is 1. The van der Waals surface area contributed by atoms with Crippen molar-refractivity contribution in [3.05, 3.63) is 77.2 Å². The summed E-state index contributed by atoms with van der Waals surface area (Å²) in [5.74, 6) is 0.0409. The second kappa shape index (κ2) is 10.0. The van der Waals surface area contributed by atoms with Crippen molar-refractivity contribution in [1.82, 2.24) is 14.1 Å². The van der Waals surface area contributed by atoms with Gasteiger partial charge in [-0.2, -0.15) is 4.31 Å². The third-order valence-corrected chi connectivity index (χ3v) is 6.97. The molecule has 1 atom stereocenters. The van der Waals surface area contributed by atoms with E-state index >= 15 is 0 Å². The van der Waals surface area contributed by atoms with E-state index in [0.29, 0.717) is 32.7 Å². The number of amides is 1. The lowest BCUT2D eigenvalue weighted by Crippen LogP contribution is -2.54. The average molecular weight is 428 g/mol. The van der Waals surface area contributed by atoms with E-state index in [9.17, 15) is 13.2 Å². The molecule has 2 aromatic rings. The van der Waals surface area contributed by atoms with Gasteiger partial charge in [-0.1, -0.05) is 60.7 Å². The highest BCUT2D eigenvalue weighted by Gasteiger charge is 2.30. The van der Waals surface area contributed by atoms with E-state index in [1.807, 2.05) is 67.6 Å². The van der Waals surface area contributed by atoms with E-state index in [2.05, 4.69) is 4.90 Å². The number of piperazine rings is 1. The molecule has 1 heterocycles. The largest absolute Gasteiger partial charge is 0.340 e. The molecular weight excluding hydrogens is 398 g/mol. The molecule has 0 aromatic heterocycles. The first-order valence-corrected chi connectivity index (χ1v) is 11.6. The molecule has 2 aromatic carbocycles. The van der Waals surface area contributed by atoms with Crippen LogP contribution in [0.25, 0.3) is 6.08 Å². The van der Waals surface area contributed by atoms with E-state index in [4.69, 9.17) is 0 Å². The van der Waals surface area contributed by atoms with Gasteiger partial charge >= 0.3 is 0 Å². The molecule has 6 nitrogen and oxygen atoms in total. The average Bonchev–Trinajstić information content (AvgIpc) is 2.78. The van der Waals surface area contributed by atoms with Gasteiger partial charge in [0, 0.05) is 45.2 Å². The molecule has 1 saturated heterocycles. The zero-order valence-corrected chi connectivity index (χ0v) is 18.3. The number of rotatable bonds is 7. The Morgan fingerprint density at radius 2 is 1.57 bits per heavy atom. The predicted molar refractivity (Wildman–Crippen MR) is 120 cm³/mol. The number of nitrogens with zero attached hydrogens (tertiary/aromatic N) is 3. The molecule has 160 valence electrons. The van der Waals surface area contributed by atoms with Gasteiger partial charge in [0.15, 0.2) is 0 Å². The molecule has 0 N–H and O–H groups in total. The van der Waals surface area contributed by atoms with Crippen molar-refractivity contribution >= 4 is 22.0 Å². The maximum Gasteiger partial charge on any atom is 0.239 e. The quantitative estimate of drug-likeness (QED) is 0.682. The first kappa shape index (κ1) is 22.2. The standard InChI is InChI=1S/C23H29N3O3S/c1-20(23(27)24(2)19-22-11-7-4-8-12-22)25-14-16-26(17-15-25)30(28,29)18-13-21-9-5-3-6-10-21/h3-13,18,20H,14-17,19H2,1-2H3/b18-13+/t20-/m0/s1. The van der Waals surface area contributed by atoms with Crippen molar-refractivity contribution in [3.63, 3.8) is 0 Å². The van der Waals surface area contributed by atoms with Gasteiger partial charge in [0.1, 0.15) is 0 Å². The number of hydrogen-bond acceptors (Lipinski definition) is 4. The maximum atomic E-state index is 12.8. The Bertz CT molecular complexity index is 954. The number of sulfonamides is 1. The van der Waals surface area contributed by atoms with Crippen molar-refractivity contribution in [3.8, 4) is 0 Å². The van der Waals surface area contributed by atoms with Crippen LogP contribution in [0.1, 0.15) is 18.1 Å². The minimum absolute atomic E-state index is 0.0409. The molecular formula is C23H29N3O3S. The number of benzene rings is 2. The van der Waals surface area contributed by atoms with Gasteiger partial charge in [0.25, 0.3) is 0 Å². The summed E-state index contributed by atoms with van der Waals surface area (Å²) in [5.41, 5.74) is 1.93. The van der Waals surface area contributed by atoms with Crippen LogP contribution in [0, 0.1) is 0 Å². The van der Waals surface area contributed by atoms with Crippen molar-refractivity contribution in [2.45, 2.75) is 19.5 Å². The van der Waals surface area contributed by atoms with E-state index in [-0.39, 0.29) is 11.9 Å². The Kier molecular flexibility index (Phi) is 7.42. The molecule has 1 amide bonds. The third kappa shape index (κ3) is 5.78. The molecule has 0 saturated carbocycles. The van der Waals surface area contributed by atoms with Crippen LogP contribution in [0.5, 0.6) is 0 Å². The number of carbonyl (C=O) groups excluding carboxylic acids is 1. The highest BCUT2D eigenvalue weighted by atomic mass is 32.2. The van der Waals surface area contributed by atoms with Crippen LogP contribution in [-0.4, -0.2) is 67.7 Å². The van der Waals surface area contributed by atoms with E-state index < -0.39 is 10.0 Å². The molecule has 1 aliphatic rings. The topological polar surface area (TPSA) is 60.9 Å². The summed E-state index contributed by atoms with van der Waals surface area (Å²) in [7, 11) is -1.67. The summed E-state index contributed by atoms with van der Waals surface area (Å²) in [6.07, 6.45) is 1.62. The van der Waals surface area contributed by atoms with Crippen LogP contribution in [-0.2, 0) is 21.4 Å². The Morgan fingerprint density at radius 1 is 1.00 bits per heavy atom. The maximum absolute atomic E-state index is 12.8. The minimum Gasteiger partial charge on any atom is -0.340 e. The van der Waals surface area contributed by atoms with E-state index in [1.165, 1.54) is 9.71 Å². The van der Waals surface area contributed by atoms with Crippen LogP contribution < -0.4 is 0 Å². The van der Waals surface area contributed by atoms with Gasteiger partial charge in [0.2, 0.25) is 15.9 Å². The second-order valence-corrected chi connectivity index (χ2v) is 9.37. The monoisotopic (exact) mass is 427 g/mol. The van der Waals surface area contributed by atoms with Crippen LogP contribution in [0.3, 0.4) is 0 Å². The zero-order chi connectivity index (χ0) is 21.6. The van der Waals surface area contributed by atoms with Crippen LogP contribution >= 0.6 is 0 Å². The van der Waals surface area contributed by atoms with Crippen LogP contribution in [0.4, 0.5) is 0 Å². The summed E-state index contributed by atoms with van der Waals surface area (Å²) in [6, 6.07) is 19.0. The fourth-order valence-electron chi connectivity index (χ4n) is 3.57. The molecule has 0 unspecified atom stereocenters. The molecule has 30 heavy (non-hydrogen) atoms. The Morgan fingerprint density at radius 3 is 2.17 bits per heavy atom. The molecule has 0 radical (unpaired) electrons. The Hall–Kier alpha value is -2.48. The third-order valence-electron chi connectivity index (χ3n) is 5.41. The van der Waals surface area contributed by atoms with E-state index in [0.717, 1.165) is 11.1 Å². The lowest BCUT2D eigenvalue weighted by Gasteiger charge is -2.37. The SMILES string of the molecule is C[C@@H](C(=O)N(C)Cc1ccccc1)N1CCN(S(=O)(=O)/C=C/c2ccccc2)CC1. The highest BCUT2D eigenvalue weighted by molar-refractivity contribution is 7.92. The first-order valence-electron chi connectivity index (χ1n) is 10.1. The Balaban J connectivity index is 1.54. The predicted octanol–water partition coefficient (Wildman–Crippen LogP) is 2.65. The first-order chi connectivity index (χ1) is 14.4. The van der Waals surface area contributed by atoms with Crippen molar-refractivity contribution in [2.75, 3.05) is 33.2 Å². The van der Waals surface area contributed by atoms with Gasteiger partial charge in [-0.15, -0.1) is 0 Å². The minimum atomic E-state index is -3.48. The lowest BCUT2D eigenvalue weighted by molar-refractivity contribution is -0.136. The van der Waals surface area contributed by atoms with Crippen molar-refractivity contribution < 1.29 is 13.2 Å². The highest BCUT2D eigenvalue weighted by Crippen LogP contribution is 2.15.